The molecule has 176 valence electrons. The number of aromatic amines is 1. The standard InChI is InChI=1S/C24H27N7O3/c1-14(32)31-9-8-30(24(33)34)12-16(31)10-15-6-4-5-7-17(15)19-11-18-21-20(26-13-29(21)3)23(25-2)28-22(18)27-19/h4-7,11,13,16H,8-10,12H2,1-3H3,(H,33,34)(H2,25,27,28). The normalized spacial score (nSPS) is 16.4. The number of aromatic nitrogens is 4. The summed E-state index contributed by atoms with van der Waals surface area (Å²) in [4.78, 5) is 39.7. The largest absolute Gasteiger partial charge is 0.465 e. The van der Waals surface area contributed by atoms with Crippen LogP contribution < -0.4 is 5.32 Å². The maximum Gasteiger partial charge on any atom is 0.407 e. The number of hydrogen-bond donors (Lipinski definition) is 3. The molecule has 1 atom stereocenters. The van der Waals surface area contributed by atoms with E-state index in [9.17, 15) is 14.7 Å². The van der Waals surface area contributed by atoms with E-state index in [-0.39, 0.29) is 11.9 Å². The van der Waals surface area contributed by atoms with Gasteiger partial charge in [0.2, 0.25) is 5.91 Å². The fourth-order valence-corrected chi connectivity index (χ4v) is 4.95. The Morgan fingerprint density at radius 1 is 1.26 bits per heavy atom. The molecular formula is C24H27N7O3. The molecule has 3 N–H and O–H groups in total. The van der Waals surface area contributed by atoms with E-state index in [2.05, 4.69) is 21.4 Å². The van der Waals surface area contributed by atoms with Gasteiger partial charge < -0.3 is 29.8 Å². The molecule has 10 nitrogen and oxygen atoms in total. The summed E-state index contributed by atoms with van der Waals surface area (Å²) in [7, 11) is 3.79. The number of imidazole rings is 1. The van der Waals surface area contributed by atoms with Crippen molar-refractivity contribution >= 4 is 39.9 Å². The van der Waals surface area contributed by atoms with E-state index in [0.717, 1.165) is 38.9 Å². The van der Waals surface area contributed by atoms with Gasteiger partial charge in [0, 0.05) is 57.3 Å². The Morgan fingerprint density at radius 3 is 2.79 bits per heavy atom. The lowest BCUT2D eigenvalue weighted by atomic mass is 9.96. The van der Waals surface area contributed by atoms with Gasteiger partial charge in [-0.15, -0.1) is 0 Å². The average molecular weight is 462 g/mol. The number of rotatable bonds is 4. The molecule has 0 bridgehead atoms. The van der Waals surface area contributed by atoms with E-state index in [4.69, 9.17) is 4.98 Å². The molecule has 34 heavy (non-hydrogen) atoms. The minimum Gasteiger partial charge on any atom is -0.465 e. The van der Waals surface area contributed by atoms with Gasteiger partial charge in [-0.1, -0.05) is 24.3 Å². The van der Waals surface area contributed by atoms with E-state index < -0.39 is 6.09 Å². The molecule has 0 spiro atoms. The van der Waals surface area contributed by atoms with Crippen molar-refractivity contribution in [2.45, 2.75) is 19.4 Å². The number of pyridine rings is 1. The molecular weight excluding hydrogens is 434 g/mol. The van der Waals surface area contributed by atoms with Crippen LogP contribution in [-0.2, 0) is 18.3 Å². The Labute approximate surface area is 196 Å². The first-order chi connectivity index (χ1) is 16.4. The Morgan fingerprint density at radius 2 is 2.06 bits per heavy atom. The third-order valence-corrected chi connectivity index (χ3v) is 6.59. The van der Waals surface area contributed by atoms with Crippen molar-refractivity contribution in [3.8, 4) is 11.3 Å². The number of aryl methyl sites for hydroxylation is 1. The SMILES string of the molecule is CNc1nc2[nH]c(-c3ccccc3CC3CN(C(=O)O)CCN3C(C)=O)cc2c2c1ncn2C. The highest BCUT2D eigenvalue weighted by Crippen LogP contribution is 2.33. The minimum atomic E-state index is -0.955. The lowest BCUT2D eigenvalue weighted by Gasteiger charge is -2.40. The summed E-state index contributed by atoms with van der Waals surface area (Å²) in [5, 5.41) is 13.6. The van der Waals surface area contributed by atoms with E-state index >= 15 is 0 Å². The number of benzene rings is 1. The number of H-pyrrole nitrogens is 1. The van der Waals surface area contributed by atoms with Crippen LogP contribution in [0.4, 0.5) is 10.6 Å². The second-order valence-electron chi connectivity index (χ2n) is 8.66. The van der Waals surface area contributed by atoms with E-state index in [1.165, 1.54) is 11.8 Å². The molecule has 2 amide bonds. The van der Waals surface area contributed by atoms with Crippen molar-refractivity contribution in [1.82, 2.24) is 29.3 Å². The van der Waals surface area contributed by atoms with Gasteiger partial charge in [-0.3, -0.25) is 4.79 Å². The molecule has 1 aliphatic heterocycles. The summed E-state index contributed by atoms with van der Waals surface area (Å²) in [5.41, 5.74) is 5.50. The predicted octanol–water partition coefficient (Wildman–Crippen LogP) is 2.91. The monoisotopic (exact) mass is 461 g/mol. The van der Waals surface area contributed by atoms with Crippen LogP contribution in [0.3, 0.4) is 0 Å². The molecule has 1 aromatic carbocycles. The van der Waals surface area contributed by atoms with Crippen molar-refractivity contribution in [3.05, 3.63) is 42.2 Å². The van der Waals surface area contributed by atoms with Crippen LogP contribution in [0.1, 0.15) is 12.5 Å². The predicted molar refractivity (Wildman–Crippen MR) is 130 cm³/mol. The first-order valence-electron chi connectivity index (χ1n) is 11.2. The topological polar surface area (TPSA) is 119 Å². The molecule has 3 aromatic heterocycles. The Kier molecular flexibility index (Phi) is 5.35. The lowest BCUT2D eigenvalue weighted by molar-refractivity contribution is -0.133. The number of carbonyl (C=O) groups is 2. The maximum absolute atomic E-state index is 12.3. The van der Waals surface area contributed by atoms with Crippen LogP contribution >= 0.6 is 0 Å². The molecule has 1 aliphatic rings. The highest BCUT2D eigenvalue weighted by atomic mass is 16.4. The average Bonchev–Trinajstić information content (AvgIpc) is 3.42. The number of carbonyl (C=O) groups excluding carboxylic acids is 1. The number of hydrogen-bond acceptors (Lipinski definition) is 5. The van der Waals surface area contributed by atoms with Crippen LogP contribution in [0.15, 0.2) is 36.7 Å². The first-order valence-corrected chi connectivity index (χ1v) is 11.2. The Hall–Kier alpha value is -4.08. The smallest absolute Gasteiger partial charge is 0.407 e. The number of piperazine rings is 1. The lowest BCUT2D eigenvalue weighted by Crippen LogP contribution is -2.56. The van der Waals surface area contributed by atoms with Crippen molar-refractivity contribution in [3.63, 3.8) is 0 Å². The van der Waals surface area contributed by atoms with E-state index in [0.29, 0.717) is 31.9 Å². The number of nitrogens with zero attached hydrogens (tertiary/aromatic N) is 5. The highest BCUT2D eigenvalue weighted by Gasteiger charge is 2.31. The molecule has 0 radical (unpaired) electrons. The zero-order chi connectivity index (χ0) is 24.0. The first kappa shape index (κ1) is 21.7. The van der Waals surface area contributed by atoms with Crippen LogP contribution in [0.25, 0.3) is 33.3 Å². The van der Waals surface area contributed by atoms with Gasteiger partial charge in [0.25, 0.3) is 0 Å². The van der Waals surface area contributed by atoms with Crippen LogP contribution in [0, 0.1) is 0 Å². The molecule has 1 unspecified atom stereocenters. The minimum absolute atomic E-state index is 0.0412. The number of nitrogens with one attached hydrogen (secondary N) is 2. The van der Waals surface area contributed by atoms with E-state index in [1.54, 1.807) is 11.2 Å². The highest BCUT2D eigenvalue weighted by molar-refractivity contribution is 6.07. The number of anilines is 1. The van der Waals surface area contributed by atoms with Gasteiger partial charge in [-0.05, 0) is 18.1 Å². The van der Waals surface area contributed by atoms with Gasteiger partial charge in [0.15, 0.2) is 5.82 Å². The zero-order valence-electron chi connectivity index (χ0n) is 19.4. The molecule has 1 fully saturated rings. The van der Waals surface area contributed by atoms with E-state index in [1.807, 2.05) is 42.9 Å². The number of fused-ring (bicyclic) bond motifs is 3. The number of carboxylic acid groups (broad SMARTS) is 1. The summed E-state index contributed by atoms with van der Waals surface area (Å²) in [5.74, 6) is 0.665. The number of amides is 2. The second-order valence-corrected chi connectivity index (χ2v) is 8.66. The summed E-state index contributed by atoms with van der Waals surface area (Å²) in [6.07, 6.45) is 1.37. The molecule has 4 heterocycles. The van der Waals surface area contributed by atoms with Crippen molar-refractivity contribution < 1.29 is 14.7 Å². The summed E-state index contributed by atoms with van der Waals surface area (Å²) in [6.45, 7) is 2.56. The molecule has 1 saturated heterocycles. The third kappa shape index (κ3) is 3.60. The second kappa shape index (κ2) is 8.36. The quantitative estimate of drug-likeness (QED) is 0.430. The van der Waals surface area contributed by atoms with Crippen molar-refractivity contribution in [2.75, 3.05) is 32.0 Å². The molecule has 10 heteroatoms. The van der Waals surface area contributed by atoms with Gasteiger partial charge in [-0.25, -0.2) is 14.8 Å². The molecule has 0 aliphatic carbocycles. The van der Waals surface area contributed by atoms with Crippen LogP contribution in [0.5, 0.6) is 0 Å². The molecule has 5 rings (SSSR count). The fraction of sp³-hybridized carbons (Fsp3) is 0.333. The summed E-state index contributed by atoms with van der Waals surface area (Å²) < 4.78 is 1.98. The van der Waals surface area contributed by atoms with Crippen LogP contribution in [0.2, 0.25) is 0 Å². The third-order valence-electron chi connectivity index (χ3n) is 6.59. The Bertz CT molecular complexity index is 1410. The fourth-order valence-electron chi connectivity index (χ4n) is 4.95. The Balaban J connectivity index is 1.57. The van der Waals surface area contributed by atoms with Crippen molar-refractivity contribution in [1.29, 1.82) is 0 Å². The van der Waals surface area contributed by atoms with Gasteiger partial charge in [0.1, 0.15) is 11.2 Å². The van der Waals surface area contributed by atoms with Crippen molar-refractivity contribution in [2.24, 2.45) is 7.05 Å². The van der Waals surface area contributed by atoms with Gasteiger partial charge in [-0.2, -0.15) is 0 Å². The zero-order valence-corrected chi connectivity index (χ0v) is 19.4. The van der Waals surface area contributed by atoms with Gasteiger partial charge in [0.05, 0.1) is 17.9 Å². The summed E-state index contributed by atoms with van der Waals surface area (Å²) >= 11 is 0. The summed E-state index contributed by atoms with van der Waals surface area (Å²) in [6, 6.07) is 9.86. The van der Waals surface area contributed by atoms with Gasteiger partial charge >= 0.3 is 6.09 Å². The molecule has 4 aromatic rings. The molecule has 0 saturated carbocycles. The maximum atomic E-state index is 12.3. The van der Waals surface area contributed by atoms with Crippen LogP contribution in [-0.4, -0.2) is 79.1 Å².